The van der Waals surface area contributed by atoms with Gasteiger partial charge in [-0.3, -0.25) is 14.7 Å². The van der Waals surface area contributed by atoms with E-state index in [-0.39, 0.29) is 40.9 Å². The zero-order valence-corrected chi connectivity index (χ0v) is 19.4. The fourth-order valence-corrected chi connectivity index (χ4v) is 4.97. The molecular weight excluding hydrogens is 456 g/mol. The lowest BCUT2D eigenvalue weighted by Crippen LogP contribution is -2.33. The van der Waals surface area contributed by atoms with Gasteiger partial charge in [0.1, 0.15) is 23.4 Å². The molecule has 2 aromatic rings. The molecule has 1 aromatic heterocycles. The third-order valence-electron chi connectivity index (χ3n) is 7.00. The number of phenolic OH excluding ortho intramolecular Hbond substituents is 1. The van der Waals surface area contributed by atoms with Gasteiger partial charge in [-0.15, -0.1) is 0 Å². The number of rotatable bonds is 8. The number of hydrogen-bond acceptors (Lipinski definition) is 8. The van der Waals surface area contributed by atoms with Gasteiger partial charge in [-0.25, -0.2) is 4.79 Å². The Morgan fingerprint density at radius 3 is 2.77 bits per heavy atom. The predicted molar refractivity (Wildman–Crippen MR) is 123 cm³/mol. The molecule has 186 valence electrons. The summed E-state index contributed by atoms with van der Waals surface area (Å²) in [6.07, 6.45) is 3.71. The summed E-state index contributed by atoms with van der Waals surface area (Å²) in [6, 6.07) is 4.46. The number of methoxy groups -OCH3 is 1. The van der Waals surface area contributed by atoms with Crippen LogP contribution >= 0.6 is 0 Å². The summed E-state index contributed by atoms with van der Waals surface area (Å²) >= 11 is 0. The monoisotopic (exact) mass is 484 g/mol. The number of anilines is 1. The first kappa shape index (κ1) is 23.0. The molecule has 3 fully saturated rings. The molecular formula is C24H28N4O7. The van der Waals surface area contributed by atoms with E-state index in [0.717, 1.165) is 31.6 Å². The second kappa shape index (κ2) is 9.47. The number of carbonyl (C=O) groups is 3. The number of fused-ring (bicyclic) bond motifs is 1. The second-order valence-corrected chi connectivity index (χ2v) is 9.40. The molecule has 2 aliphatic carbocycles. The Kier molecular flexibility index (Phi) is 6.23. The summed E-state index contributed by atoms with van der Waals surface area (Å²) in [5.74, 6) is 1.40. The van der Waals surface area contributed by atoms with Gasteiger partial charge in [0.15, 0.2) is 18.7 Å². The number of aromatic hydroxyl groups is 1. The molecule has 2 amide bonds. The van der Waals surface area contributed by atoms with Crippen LogP contribution in [-0.4, -0.2) is 71.4 Å². The molecule has 0 radical (unpaired) electrons. The summed E-state index contributed by atoms with van der Waals surface area (Å²) in [5.41, 5.74) is 0.793. The fraction of sp³-hybridized carbons (Fsp3) is 0.500. The van der Waals surface area contributed by atoms with Crippen molar-refractivity contribution in [3.05, 3.63) is 29.5 Å². The van der Waals surface area contributed by atoms with Crippen molar-refractivity contribution in [2.24, 2.45) is 11.8 Å². The topological polar surface area (TPSA) is 143 Å². The maximum absolute atomic E-state index is 12.4. The van der Waals surface area contributed by atoms with Gasteiger partial charge in [-0.2, -0.15) is 5.10 Å². The number of piperidine rings is 1. The molecule has 35 heavy (non-hydrogen) atoms. The summed E-state index contributed by atoms with van der Waals surface area (Å²) in [6.45, 7) is 1.25. The molecule has 11 heteroatoms. The molecule has 1 aromatic carbocycles. The smallest absolute Gasteiger partial charge is 0.410 e. The van der Waals surface area contributed by atoms with Crippen LogP contribution in [0.4, 0.5) is 10.6 Å². The number of nitrogens with zero attached hydrogens (tertiary/aromatic N) is 2. The second-order valence-electron chi connectivity index (χ2n) is 9.40. The summed E-state index contributed by atoms with van der Waals surface area (Å²) < 4.78 is 16.2. The van der Waals surface area contributed by atoms with Gasteiger partial charge >= 0.3 is 6.09 Å². The van der Waals surface area contributed by atoms with Crippen LogP contribution in [0.3, 0.4) is 0 Å². The highest BCUT2D eigenvalue weighted by Crippen LogP contribution is 2.45. The lowest BCUT2D eigenvalue weighted by atomic mass is 10.0. The van der Waals surface area contributed by atoms with Crippen LogP contribution in [0.2, 0.25) is 0 Å². The number of aldehydes is 1. The molecule has 2 heterocycles. The van der Waals surface area contributed by atoms with Gasteiger partial charge in [0.05, 0.1) is 12.7 Å². The van der Waals surface area contributed by atoms with E-state index in [1.807, 2.05) is 4.90 Å². The molecule has 11 nitrogen and oxygen atoms in total. The van der Waals surface area contributed by atoms with Crippen molar-refractivity contribution in [2.75, 3.05) is 32.1 Å². The Morgan fingerprint density at radius 2 is 2.03 bits per heavy atom. The molecule has 1 saturated heterocycles. The number of phenols is 1. The van der Waals surface area contributed by atoms with Crippen molar-refractivity contribution in [3.63, 3.8) is 0 Å². The normalized spacial score (nSPS) is 24.5. The molecule has 2 unspecified atom stereocenters. The standard InChI is InChI=1S/C24H28N4O7/c1-33-17-6-20(30)18(11-29)21(7-17)34-12-23(31)25-22-8-19(26-27-22)13-2-3-16(5-13)35-24(32)28-9-14-4-15(14)10-28/h6-8,11,13-16,30H,2-5,9-10,12H2,1H3,(H2,25,26,27,31)/t13-,14?,15?,16+/m0/s1. The highest BCUT2D eigenvalue weighted by molar-refractivity contribution is 5.91. The number of ether oxygens (including phenoxy) is 3. The number of carbonyl (C=O) groups excluding carboxylic acids is 3. The van der Waals surface area contributed by atoms with Crippen molar-refractivity contribution < 1.29 is 33.7 Å². The van der Waals surface area contributed by atoms with Crippen LogP contribution in [0.25, 0.3) is 0 Å². The molecule has 0 spiro atoms. The molecule has 4 atom stereocenters. The largest absolute Gasteiger partial charge is 0.507 e. The minimum Gasteiger partial charge on any atom is -0.507 e. The van der Waals surface area contributed by atoms with Crippen molar-refractivity contribution >= 4 is 24.1 Å². The van der Waals surface area contributed by atoms with Crippen molar-refractivity contribution in [2.45, 2.75) is 37.7 Å². The van der Waals surface area contributed by atoms with E-state index in [4.69, 9.17) is 14.2 Å². The Morgan fingerprint density at radius 1 is 1.23 bits per heavy atom. The van der Waals surface area contributed by atoms with Crippen LogP contribution in [0.5, 0.6) is 17.2 Å². The Hall–Kier alpha value is -3.76. The van der Waals surface area contributed by atoms with Crippen molar-refractivity contribution in [1.29, 1.82) is 0 Å². The zero-order valence-electron chi connectivity index (χ0n) is 19.4. The number of likely N-dealkylation sites (tertiary alicyclic amines) is 1. The maximum Gasteiger partial charge on any atom is 0.410 e. The van der Waals surface area contributed by atoms with Gasteiger partial charge in [0, 0.05) is 42.9 Å². The third-order valence-corrected chi connectivity index (χ3v) is 7.00. The Balaban J connectivity index is 1.11. The lowest BCUT2D eigenvalue weighted by molar-refractivity contribution is -0.118. The van der Waals surface area contributed by atoms with E-state index in [0.29, 0.717) is 30.4 Å². The van der Waals surface area contributed by atoms with E-state index in [1.54, 1.807) is 6.07 Å². The molecule has 3 N–H and O–H groups in total. The highest BCUT2D eigenvalue weighted by atomic mass is 16.6. The zero-order chi connectivity index (χ0) is 24.5. The first-order chi connectivity index (χ1) is 16.9. The van der Waals surface area contributed by atoms with Crippen LogP contribution in [0, 0.1) is 11.8 Å². The van der Waals surface area contributed by atoms with E-state index in [1.165, 1.54) is 25.7 Å². The minimum atomic E-state index is -0.482. The Labute approximate surface area is 201 Å². The summed E-state index contributed by atoms with van der Waals surface area (Å²) in [7, 11) is 1.41. The minimum absolute atomic E-state index is 0.0345. The molecule has 3 aliphatic rings. The highest BCUT2D eigenvalue weighted by Gasteiger charge is 2.47. The van der Waals surface area contributed by atoms with Crippen molar-refractivity contribution in [3.8, 4) is 17.2 Å². The van der Waals surface area contributed by atoms with Crippen LogP contribution in [-0.2, 0) is 9.53 Å². The number of hydrogen-bond donors (Lipinski definition) is 3. The first-order valence-electron chi connectivity index (χ1n) is 11.7. The van der Waals surface area contributed by atoms with Gasteiger partial charge in [0.25, 0.3) is 5.91 Å². The van der Waals surface area contributed by atoms with Crippen molar-refractivity contribution in [1.82, 2.24) is 15.1 Å². The number of aromatic amines is 1. The number of aromatic nitrogens is 2. The van der Waals surface area contributed by atoms with Gasteiger partial charge in [-0.1, -0.05) is 0 Å². The average Bonchev–Trinajstić information content (AvgIpc) is 3.24. The number of amides is 2. The van der Waals surface area contributed by atoms with E-state index in [9.17, 15) is 19.5 Å². The Bertz CT molecular complexity index is 1120. The van der Waals surface area contributed by atoms with E-state index in [2.05, 4.69) is 15.5 Å². The predicted octanol–water partition coefficient (Wildman–Crippen LogP) is 2.68. The molecule has 5 rings (SSSR count). The van der Waals surface area contributed by atoms with E-state index >= 15 is 0 Å². The number of nitrogens with one attached hydrogen (secondary N) is 2. The molecule has 0 bridgehead atoms. The third kappa shape index (κ3) is 5.03. The van der Waals surface area contributed by atoms with Crippen LogP contribution < -0.4 is 14.8 Å². The van der Waals surface area contributed by atoms with Crippen LogP contribution in [0.15, 0.2) is 18.2 Å². The first-order valence-corrected chi connectivity index (χ1v) is 11.7. The lowest BCUT2D eigenvalue weighted by Gasteiger charge is -2.20. The van der Waals surface area contributed by atoms with Gasteiger partial charge in [0.2, 0.25) is 0 Å². The maximum atomic E-state index is 12.4. The van der Waals surface area contributed by atoms with Crippen LogP contribution in [0.1, 0.15) is 47.7 Å². The quantitative estimate of drug-likeness (QED) is 0.485. The molecule has 2 saturated carbocycles. The average molecular weight is 485 g/mol. The number of benzene rings is 1. The SMILES string of the molecule is COc1cc(O)c(C=O)c(OCC(=O)Nc2cc([C@H]3CC[C@@H](OC(=O)N4CC5CC5C4)C3)[nH]n2)c1. The summed E-state index contributed by atoms with van der Waals surface area (Å²) in [4.78, 5) is 37.8. The molecule has 1 aliphatic heterocycles. The van der Waals surface area contributed by atoms with E-state index < -0.39 is 12.5 Å². The number of H-pyrrole nitrogens is 1. The fourth-order valence-electron chi connectivity index (χ4n) is 4.97. The van der Waals surface area contributed by atoms with Gasteiger partial charge in [-0.05, 0) is 37.5 Å². The van der Waals surface area contributed by atoms with Gasteiger partial charge < -0.3 is 29.5 Å². The summed E-state index contributed by atoms with van der Waals surface area (Å²) in [5, 5.41) is 19.7.